The minimum absolute atomic E-state index is 0.0464. The lowest BCUT2D eigenvalue weighted by atomic mass is 10.0. The van der Waals surface area contributed by atoms with E-state index in [1.54, 1.807) is 24.1 Å². The SMILES string of the molecule is CC1=C(N2CCN(C3CCN(C[C@@H](O)c4ccc(-n5cnnn5)nc4)CC3)C2=O)COC1=O. The fourth-order valence-electron chi connectivity index (χ4n) is 4.65. The van der Waals surface area contributed by atoms with Crippen LogP contribution in [0.15, 0.2) is 35.9 Å². The van der Waals surface area contributed by atoms with Gasteiger partial charge >= 0.3 is 12.0 Å². The Morgan fingerprint density at radius 1 is 1.18 bits per heavy atom. The second kappa shape index (κ2) is 8.87. The van der Waals surface area contributed by atoms with Crippen LogP contribution in [0.5, 0.6) is 0 Å². The highest BCUT2D eigenvalue weighted by Crippen LogP contribution is 2.28. The molecule has 5 heterocycles. The molecular weight excluding hydrogens is 428 g/mol. The molecule has 3 aliphatic rings. The number of tetrazole rings is 1. The number of aromatic nitrogens is 5. The molecule has 12 heteroatoms. The van der Waals surface area contributed by atoms with Crippen LogP contribution in [-0.4, -0.2) is 102 Å². The van der Waals surface area contributed by atoms with E-state index >= 15 is 0 Å². The molecule has 0 bridgehead atoms. The smallest absolute Gasteiger partial charge is 0.336 e. The summed E-state index contributed by atoms with van der Waals surface area (Å²) in [5.74, 6) is 0.240. The summed E-state index contributed by atoms with van der Waals surface area (Å²) in [6.07, 6.45) is 4.13. The van der Waals surface area contributed by atoms with Gasteiger partial charge in [-0.15, -0.1) is 5.10 Å². The number of ether oxygens (including phenoxy) is 1. The molecule has 12 nitrogen and oxygen atoms in total. The quantitative estimate of drug-likeness (QED) is 0.605. The zero-order chi connectivity index (χ0) is 22.9. The number of rotatable bonds is 6. The first-order valence-corrected chi connectivity index (χ1v) is 11.1. The number of piperidine rings is 1. The van der Waals surface area contributed by atoms with Gasteiger partial charge in [-0.3, -0.25) is 4.90 Å². The molecule has 2 aromatic heterocycles. The number of nitrogens with zero attached hydrogens (tertiary/aromatic N) is 8. The Balaban J connectivity index is 1.13. The Morgan fingerprint density at radius 3 is 2.64 bits per heavy atom. The second-order valence-electron chi connectivity index (χ2n) is 8.53. The van der Waals surface area contributed by atoms with Gasteiger partial charge in [0, 0.05) is 50.5 Å². The van der Waals surface area contributed by atoms with E-state index in [2.05, 4.69) is 25.4 Å². The molecule has 1 N–H and O–H groups in total. The highest BCUT2D eigenvalue weighted by Gasteiger charge is 2.39. The van der Waals surface area contributed by atoms with Gasteiger partial charge in [0.15, 0.2) is 5.82 Å². The number of carbonyl (C=O) groups is 2. The number of likely N-dealkylation sites (tertiary alicyclic amines) is 1. The number of urea groups is 1. The van der Waals surface area contributed by atoms with Crippen LogP contribution in [0.25, 0.3) is 5.82 Å². The molecule has 3 aliphatic heterocycles. The Kier molecular flexibility index (Phi) is 5.77. The molecule has 33 heavy (non-hydrogen) atoms. The first-order valence-electron chi connectivity index (χ1n) is 11.1. The van der Waals surface area contributed by atoms with E-state index in [4.69, 9.17) is 4.74 Å². The van der Waals surface area contributed by atoms with Crippen molar-refractivity contribution in [3.05, 3.63) is 41.5 Å². The Hall–Kier alpha value is -3.38. The van der Waals surface area contributed by atoms with E-state index in [9.17, 15) is 14.7 Å². The first-order chi connectivity index (χ1) is 16.0. The van der Waals surface area contributed by atoms with E-state index in [1.165, 1.54) is 11.0 Å². The minimum atomic E-state index is -0.657. The topological polar surface area (TPSA) is 130 Å². The van der Waals surface area contributed by atoms with Crippen molar-refractivity contribution in [3.63, 3.8) is 0 Å². The van der Waals surface area contributed by atoms with Crippen LogP contribution < -0.4 is 0 Å². The van der Waals surface area contributed by atoms with Gasteiger partial charge in [0.25, 0.3) is 0 Å². The monoisotopic (exact) mass is 454 g/mol. The summed E-state index contributed by atoms with van der Waals surface area (Å²) < 4.78 is 6.52. The van der Waals surface area contributed by atoms with Crippen LogP contribution in [0.3, 0.4) is 0 Å². The third-order valence-electron chi connectivity index (χ3n) is 6.61. The predicted molar refractivity (Wildman–Crippen MR) is 114 cm³/mol. The number of pyridine rings is 1. The minimum Gasteiger partial charge on any atom is -0.456 e. The van der Waals surface area contributed by atoms with E-state index in [0.29, 0.717) is 36.7 Å². The maximum Gasteiger partial charge on any atom is 0.336 e. The van der Waals surface area contributed by atoms with Crippen molar-refractivity contribution in [1.29, 1.82) is 0 Å². The first kappa shape index (κ1) is 21.5. The van der Waals surface area contributed by atoms with Crippen LogP contribution in [-0.2, 0) is 9.53 Å². The second-order valence-corrected chi connectivity index (χ2v) is 8.53. The van der Waals surface area contributed by atoms with Gasteiger partial charge in [0.1, 0.15) is 12.9 Å². The number of amides is 2. The number of β-amino-alcohol motifs (C(OH)–C–C–N with tert-alkyl or cyclic N) is 1. The zero-order valence-electron chi connectivity index (χ0n) is 18.4. The summed E-state index contributed by atoms with van der Waals surface area (Å²) in [5.41, 5.74) is 1.94. The summed E-state index contributed by atoms with van der Waals surface area (Å²) in [7, 11) is 0. The molecule has 0 aliphatic carbocycles. The molecule has 2 amide bonds. The Morgan fingerprint density at radius 2 is 2.00 bits per heavy atom. The molecule has 0 radical (unpaired) electrons. The molecule has 0 unspecified atom stereocenters. The molecule has 0 spiro atoms. The lowest BCUT2D eigenvalue weighted by Gasteiger charge is -2.37. The molecular formula is C21H26N8O4. The number of aliphatic hydroxyl groups is 1. The average molecular weight is 454 g/mol. The largest absolute Gasteiger partial charge is 0.456 e. The summed E-state index contributed by atoms with van der Waals surface area (Å²) in [5, 5.41) is 21.7. The van der Waals surface area contributed by atoms with Crippen LogP contribution in [0.4, 0.5) is 4.79 Å². The number of esters is 1. The van der Waals surface area contributed by atoms with Gasteiger partial charge in [-0.1, -0.05) is 6.07 Å². The van der Waals surface area contributed by atoms with E-state index in [1.807, 2.05) is 11.0 Å². The average Bonchev–Trinajstić information content (AvgIpc) is 3.57. The van der Waals surface area contributed by atoms with Crippen molar-refractivity contribution < 1.29 is 19.4 Å². The highest BCUT2D eigenvalue weighted by molar-refractivity contribution is 5.92. The summed E-state index contributed by atoms with van der Waals surface area (Å²) in [4.78, 5) is 34.8. The van der Waals surface area contributed by atoms with Gasteiger partial charge in [0.05, 0.1) is 17.4 Å². The number of aliphatic hydroxyl groups excluding tert-OH is 1. The van der Waals surface area contributed by atoms with Crippen molar-refractivity contribution in [2.24, 2.45) is 0 Å². The van der Waals surface area contributed by atoms with Crippen LogP contribution >= 0.6 is 0 Å². The standard InChI is InChI=1S/C21H26N8O4/c1-14-17(12-33-20(14)31)28-9-8-27(21(28)32)16-4-6-26(7-5-16)11-18(30)15-2-3-19(22-10-15)29-13-23-24-25-29/h2-3,10,13,16,18,30H,4-9,11-12H2,1H3/t18-/m1/s1. The van der Waals surface area contributed by atoms with Crippen LogP contribution in [0.1, 0.15) is 31.4 Å². The van der Waals surface area contributed by atoms with Gasteiger partial charge in [-0.2, -0.15) is 4.68 Å². The lowest BCUT2D eigenvalue weighted by Crippen LogP contribution is -2.47. The van der Waals surface area contributed by atoms with Gasteiger partial charge < -0.3 is 19.6 Å². The van der Waals surface area contributed by atoms with Crippen molar-refractivity contribution >= 4 is 12.0 Å². The maximum absolute atomic E-state index is 13.0. The number of carbonyl (C=O) groups excluding carboxylic acids is 2. The third kappa shape index (κ3) is 4.18. The normalized spacial score (nSPS) is 21.3. The molecule has 2 saturated heterocycles. The summed E-state index contributed by atoms with van der Waals surface area (Å²) in [6.45, 7) is 5.21. The fraction of sp³-hybridized carbons (Fsp3) is 0.524. The van der Waals surface area contributed by atoms with E-state index in [0.717, 1.165) is 31.5 Å². The molecule has 2 aromatic rings. The fourth-order valence-corrected chi connectivity index (χ4v) is 4.65. The summed E-state index contributed by atoms with van der Waals surface area (Å²) in [6, 6.07) is 3.71. The lowest BCUT2D eigenvalue weighted by molar-refractivity contribution is -0.136. The van der Waals surface area contributed by atoms with E-state index < -0.39 is 6.10 Å². The molecule has 174 valence electrons. The van der Waals surface area contributed by atoms with Gasteiger partial charge in [0.2, 0.25) is 0 Å². The third-order valence-corrected chi connectivity index (χ3v) is 6.61. The summed E-state index contributed by atoms with van der Waals surface area (Å²) >= 11 is 0. The molecule has 2 fully saturated rings. The number of cyclic esters (lactones) is 1. The molecule has 0 saturated carbocycles. The van der Waals surface area contributed by atoms with Crippen molar-refractivity contribution in [1.82, 2.24) is 39.9 Å². The van der Waals surface area contributed by atoms with Crippen molar-refractivity contribution in [2.75, 3.05) is 39.3 Å². The Labute approximate surface area is 190 Å². The number of hydrogen-bond acceptors (Lipinski definition) is 9. The van der Waals surface area contributed by atoms with Crippen LogP contribution in [0.2, 0.25) is 0 Å². The van der Waals surface area contributed by atoms with Crippen LogP contribution in [0, 0.1) is 0 Å². The molecule has 5 rings (SSSR count). The zero-order valence-corrected chi connectivity index (χ0v) is 18.4. The number of hydrogen-bond donors (Lipinski definition) is 1. The molecule has 0 aromatic carbocycles. The highest BCUT2D eigenvalue weighted by atomic mass is 16.5. The van der Waals surface area contributed by atoms with Gasteiger partial charge in [-0.25, -0.2) is 14.6 Å². The maximum atomic E-state index is 13.0. The van der Waals surface area contributed by atoms with Crippen molar-refractivity contribution in [2.45, 2.75) is 31.9 Å². The van der Waals surface area contributed by atoms with Crippen molar-refractivity contribution in [3.8, 4) is 5.82 Å². The molecule has 1 atom stereocenters. The van der Waals surface area contributed by atoms with Gasteiger partial charge in [-0.05, 0) is 36.3 Å². The van der Waals surface area contributed by atoms with E-state index in [-0.39, 0.29) is 24.6 Å². The Bertz CT molecular complexity index is 1050. The predicted octanol–water partition coefficient (Wildman–Crippen LogP) is 0.124.